The van der Waals surface area contributed by atoms with Crippen LogP contribution in [0.4, 0.5) is 0 Å². The van der Waals surface area contributed by atoms with Gasteiger partial charge in [-0.25, -0.2) is 0 Å². The Labute approximate surface area is 152 Å². The summed E-state index contributed by atoms with van der Waals surface area (Å²) in [5.74, 6) is 0.585. The number of rotatable bonds is 8. The van der Waals surface area contributed by atoms with Gasteiger partial charge in [-0.3, -0.25) is 4.79 Å². The molecule has 0 N–H and O–H groups in total. The predicted molar refractivity (Wildman–Crippen MR) is 97.7 cm³/mol. The largest absolute Gasteiger partial charge is 0.493 e. The number of Topliss-reactive ketones (excluding diaryl/α,β-unsaturated/α-hetero) is 1. The fourth-order valence-corrected chi connectivity index (χ4v) is 2.39. The molecule has 0 saturated carbocycles. The highest BCUT2D eigenvalue weighted by molar-refractivity contribution is 6.30. The van der Waals surface area contributed by atoms with Crippen molar-refractivity contribution in [2.24, 2.45) is 5.16 Å². The lowest BCUT2D eigenvalue weighted by Crippen LogP contribution is -2.11. The topological polar surface area (TPSA) is 57.1 Å². The zero-order valence-corrected chi connectivity index (χ0v) is 15.1. The van der Waals surface area contributed by atoms with Gasteiger partial charge in [-0.05, 0) is 42.3 Å². The van der Waals surface area contributed by atoms with Gasteiger partial charge in [0, 0.05) is 5.02 Å². The number of hydrogen-bond donors (Lipinski definition) is 0. The van der Waals surface area contributed by atoms with Crippen LogP contribution >= 0.6 is 11.6 Å². The molecular weight excluding hydrogens is 342 g/mol. The molecule has 0 bridgehead atoms. The van der Waals surface area contributed by atoms with E-state index in [4.69, 9.17) is 25.9 Å². The van der Waals surface area contributed by atoms with Crippen molar-refractivity contribution in [1.29, 1.82) is 0 Å². The van der Waals surface area contributed by atoms with Crippen LogP contribution in [0.2, 0.25) is 5.02 Å². The second-order valence-electron chi connectivity index (χ2n) is 5.36. The van der Waals surface area contributed by atoms with E-state index in [1.165, 1.54) is 13.1 Å². The summed E-state index contributed by atoms with van der Waals surface area (Å²) in [6.45, 7) is 1.80. The number of ether oxygens (including phenoxy) is 2. The maximum absolute atomic E-state index is 12.0. The van der Waals surface area contributed by atoms with Gasteiger partial charge in [-0.15, -0.1) is 0 Å². The number of carbonyl (C=O) groups excluding carboxylic acids is 1. The molecule has 0 spiro atoms. The molecule has 0 radical (unpaired) electrons. The van der Waals surface area contributed by atoms with E-state index in [-0.39, 0.29) is 5.78 Å². The third kappa shape index (κ3) is 5.22. The van der Waals surface area contributed by atoms with Crippen molar-refractivity contribution in [2.45, 2.75) is 19.4 Å². The van der Waals surface area contributed by atoms with Crippen LogP contribution in [0.1, 0.15) is 24.0 Å². The number of oxime groups is 1. The average molecular weight is 362 g/mol. The minimum absolute atomic E-state index is 0.0499. The summed E-state index contributed by atoms with van der Waals surface area (Å²) >= 11 is 5.84. The molecule has 25 heavy (non-hydrogen) atoms. The van der Waals surface area contributed by atoms with E-state index < -0.39 is 5.92 Å². The molecule has 2 aromatic carbocycles. The molecule has 0 heterocycles. The first-order valence-corrected chi connectivity index (χ1v) is 8.05. The second kappa shape index (κ2) is 9.08. The number of halogens is 1. The molecule has 1 unspecified atom stereocenters. The smallest absolute Gasteiger partial charge is 0.161 e. The Morgan fingerprint density at radius 3 is 2.40 bits per heavy atom. The zero-order chi connectivity index (χ0) is 18.2. The van der Waals surface area contributed by atoms with E-state index in [1.54, 1.807) is 44.6 Å². The lowest BCUT2D eigenvalue weighted by molar-refractivity contribution is -0.117. The van der Waals surface area contributed by atoms with Crippen LogP contribution < -0.4 is 9.47 Å². The molecular formula is C19H20ClNO4. The van der Waals surface area contributed by atoms with E-state index in [0.717, 1.165) is 11.1 Å². The third-order valence-corrected chi connectivity index (χ3v) is 3.89. The maximum Gasteiger partial charge on any atom is 0.161 e. The SMILES string of the molecule is COc1ccc(C(C=NOCc2ccc(Cl)cc2)C(C)=O)cc1OC. The van der Waals surface area contributed by atoms with Gasteiger partial charge >= 0.3 is 0 Å². The van der Waals surface area contributed by atoms with Gasteiger partial charge in [0.15, 0.2) is 11.5 Å². The van der Waals surface area contributed by atoms with Crippen molar-refractivity contribution >= 4 is 23.6 Å². The van der Waals surface area contributed by atoms with Gasteiger partial charge < -0.3 is 14.3 Å². The minimum atomic E-state index is -0.523. The van der Waals surface area contributed by atoms with Gasteiger partial charge in [0.2, 0.25) is 0 Å². The van der Waals surface area contributed by atoms with E-state index >= 15 is 0 Å². The van der Waals surface area contributed by atoms with E-state index in [2.05, 4.69) is 5.16 Å². The Kier molecular flexibility index (Phi) is 6.83. The van der Waals surface area contributed by atoms with Crippen molar-refractivity contribution in [3.05, 3.63) is 58.6 Å². The summed E-state index contributed by atoms with van der Waals surface area (Å²) < 4.78 is 10.5. The minimum Gasteiger partial charge on any atom is -0.493 e. The van der Waals surface area contributed by atoms with Crippen LogP contribution in [0.25, 0.3) is 0 Å². The van der Waals surface area contributed by atoms with Crippen LogP contribution in [0, 0.1) is 0 Å². The fourth-order valence-electron chi connectivity index (χ4n) is 2.27. The summed E-state index contributed by atoms with van der Waals surface area (Å²) in [5, 5.41) is 4.60. The molecule has 0 aliphatic heterocycles. The number of carbonyl (C=O) groups is 1. The maximum atomic E-state index is 12.0. The van der Waals surface area contributed by atoms with Gasteiger partial charge in [0.25, 0.3) is 0 Å². The summed E-state index contributed by atoms with van der Waals surface area (Å²) in [7, 11) is 3.11. The standard InChI is InChI=1S/C19H20ClNO4/c1-13(22)17(15-6-9-18(23-2)19(10-15)24-3)11-21-25-12-14-4-7-16(20)8-5-14/h4-11,17H,12H2,1-3H3. The molecule has 0 aliphatic carbocycles. The molecule has 2 rings (SSSR count). The van der Waals surface area contributed by atoms with Crippen molar-refractivity contribution in [3.63, 3.8) is 0 Å². The van der Waals surface area contributed by atoms with Crippen LogP contribution in [0.15, 0.2) is 47.6 Å². The molecule has 0 amide bonds. The fraction of sp³-hybridized carbons (Fsp3) is 0.263. The Morgan fingerprint density at radius 2 is 1.80 bits per heavy atom. The van der Waals surface area contributed by atoms with Crippen LogP contribution in [-0.2, 0) is 16.2 Å². The highest BCUT2D eigenvalue weighted by Crippen LogP contribution is 2.30. The van der Waals surface area contributed by atoms with Gasteiger partial charge in [-0.1, -0.05) is 35.0 Å². The summed E-state index contributed by atoms with van der Waals surface area (Å²) in [5.41, 5.74) is 1.69. The van der Waals surface area contributed by atoms with E-state index in [9.17, 15) is 4.79 Å². The van der Waals surface area contributed by atoms with E-state index in [0.29, 0.717) is 23.1 Å². The van der Waals surface area contributed by atoms with Crippen molar-refractivity contribution < 1.29 is 19.1 Å². The van der Waals surface area contributed by atoms with Crippen LogP contribution in [-0.4, -0.2) is 26.2 Å². The number of hydrogen-bond acceptors (Lipinski definition) is 5. The quantitative estimate of drug-likeness (QED) is 0.521. The third-order valence-electron chi connectivity index (χ3n) is 3.63. The monoisotopic (exact) mass is 361 g/mol. The number of nitrogens with zero attached hydrogens (tertiary/aromatic N) is 1. The summed E-state index contributed by atoms with van der Waals surface area (Å²) in [4.78, 5) is 17.2. The Morgan fingerprint density at radius 1 is 1.12 bits per heavy atom. The number of benzene rings is 2. The number of methoxy groups -OCH3 is 2. The van der Waals surface area contributed by atoms with Gasteiger partial charge in [0.1, 0.15) is 12.4 Å². The molecule has 0 aromatic heterocycles. The predicted octanol–water partition coefficient (Wildman–Crippen LogP) is 4.23. The Balaban J connectivity index is 2.07. The van der Waals surface area contributed by atoms with Crippen molar-refractivity contribution in [2.75, 3.05) is 14.2 Å². The highest BCUT2D eigenvalue weighted by Gasteiger charge is 2.17. The molecule has 6 heteroatoms. The van der Waals surface area contributed by atoms with Crippen LogP contribution in [0.5, 0.6) is 11.5 Å². The summed E-state index contributed by atoms with van der Waals surface area (Å²) in [6, 6.07) is 12.6. The normalized spacial score (nSPS) is 12.0. The van der Waals surface area contributed by atoms with E-state index in [1.807, 2.05) is 12.1 Å². The molecule has 132 valence electrons. The zero-order valence-electron chi connectivity index (χ0n) is 14.4. The van der Waals surface area contributed by atoms with Crippen molar-refractivity contribution in [3.8, 4) is 11.5 Å². The summed E-state index contributed by atoms with van der Waals surface area (Å²) in [6.07, 6.45) is 1.49. The molecule has 0 saturated heterocycles. The first-order valence-electron chi connectivity index (χ1n) is 7.67. The molecule has 5 nitrogen and oxygen atoms in total. The Hall–Kier alpha value is -2.53. The molecule has 1 atom stereocenters. The second-order valence-corrected chi connectivity index (χ2v) is 5.79. The highest BCUT2D eigenvalue weighted by atomic mass is 35.5. The first-order chi connectivity index (χ1) is 12.0. The average Bonchev–Trinajstić information content (AvgIpc) is 2.62. The number of ketones is 1. The first kappa shape index (κ1) is 18.8. The molecule has 0 fully saturated rings. The lowest BCUT2D eigenvalue weighted by atomic mass is 9.96. The molecule has 2 aromatic rings. The van der Waals surface area contributed by atoms with Gasteiger partial charge in [0.05, 0.1) is 26.4 Å². The Bertz CT molecular complexity index is 744. The van der Waals surface area contributed by atoms with Crippen LogP contribution in [0.3, 0.4) is 0 Å². The van der Waals surface area contributed by atoms with Crippen molar-refractivity contribution in [1.82, 2.24) is 0 Å². The molecule has 0 aliphatic rings. The lowest BCUT2D eigenvalue weighted by Gasteiger charge is -2.13. The van der Waals surface area contributed by atoms with Gasteiger partial charge in [-0.2, -0.15) is 0 Å².